The summed E-state index contributed by atoms with van der Waals surface area (Å²) in [5.74, 6) is 0.283. The van der Waals surface area contributed by atoms with E-state index in [0.717, 1.165) is 33.3 Å². The number of aliphatic hydroxyl groups excluding tert-OH is 1. The lowest BCUT2D eigenvalue weighted by atomic mass is 9.66. The Hall–Kier alpha value is -6.12. The summed E-state index contributed by atoms with van der Waals surface area (Å²) in [6, 6.07) is 18.9. The van der Waals surface area contributed by atoms with E-state index in [1.165, 1.54) is 7.11 Å². The molecule has 3 aromatic carbocycles. The molecule has 5 aromatic rings. The van der Waals surface area contributed by atoms with Crippen molar-refractivity contribution in [2.45, 2.75) is 44.1 Å². The lowest BCUT2D eigenvalue weighted by Gasteiger charge is -2.37. The molecule has 14 nitrogen and oxygen atoms in total. The lowest BCUT2D eigenvalue weighted by molar-refractivity contribution is -0.172. The number of carbonyl (C=O) groups is 2. The van der Waals surface area contributed by atoms with Crippen LogP contribution in [0.4, 0.5) is 0 Å². The van der Waals surface area contributed by atoms with Crippen molar-refractivity contribution in [1.29, 1.82) is 0 Å². The maximum Gasteiger partial charge on any atom is 0.343 e. The van der Waals surface area contributed by atoms with Gasteiger partial charge < -0.3 is 47.9 Å². The maximum atomic E-state index is 13.0. The van der Waals surface area contributed by atoms with Crippen molar-refractivity contribution in [3.63, 3.8) is 0 Å². The zero-order chi connectivity index (χ0) is 39.0. The SMILES string of the molecule is CC[C@@]1(O)C(=O)OCc2c1cc1n(c2=O)Cc2cc3ccccc3nc2-1.COc1cc([C@@H]2c3cc4c(cc3[C@H](O)[C@H]3COC(=O)[C@H]23)OCO4)cc(OC)c1OC. The third kappa shape index (κ3) is 5.23. The molecule has 0 spiro atoms. The zero-order valence-electron chi connectivity index (χ0n) is 31.0. The van der Waals surface area contributed by atoms with Gasteiger partial charge in [-0.2, -0.15) is 0 Å². The molecule has 56 heavy (non-hydrogen) atoms. The van der Waals surface area contributed by atoms with Gasteiger partial charge in [0.25, 0.3) is 5.56 Å². The van der Waals surface area contributed by atoms with Crippen molar-refractivity contribution in [3.05, 3.63) is 104 Å². The Morgan fingerprint density at radius 2 is 1.61 bits per heavy atom. The number of cyclic esters (lactones) is 2. The van der Waals surface area contributed by atoms with Crippen LogP contribution in [0.5, 0.6) is 28.7 Å². The molecule has 0 radical (unpaired) electrons. The second-order valence-corrected chi connectivity index (χ2v) is 14.3. The first kappa shape index (κ1) is 35.6. The minimum atomic E-state index is -1.79. The summed E-state index contributed by atoms with van der Waals surface area (Å²) in [6.07, 6.45) is -0.705. The molecule has 4 aliphatic heterocycles. The molecular weight excluding hydrogens is 724 g/mol. The number of pyridine rings is 2. The van der Waals surface area contributed by atoms with E-state index < -0.39 is 23.6 Å². The topological polar surface area (TPSA) is 174 Å². The van der Waals surface area contributed by atoms with E-state index in [1.54, 1.807) is 37.8 Å². The number of para-hydroxylation sites is 1. The molecule has 1 aliphatic carbocycles. The summed E-state index contributed by atoms with van der Waals surface area (Å²) in [5, 5.41) is 22.9. The Bertz CT molecular complexity index is 2510. The van der Waals surface area contributed by atoms with E-state index >= 15 is 0 Å². The number of hydrogen-bond acceptors (Lipinski definition) is 13. The number of aliphatic hydroxyl groups is 2. The largest absolute Gasteiger partial charge is 0.493 e. The Morgan fingerprint density at radius 3 is 2.30 bits per heavy atom. The van der Waals surface area contributed by atoms with Gasteiger partial charge in [0, 0.05) is 28.3 Å². The van der Waals surface area contributed by atoms with Crippen LogP contribution in [0.3, 0.4) is 0 Å². The predicted molar refractivity (Wildman–Crippen MR) is 198 cm³/mol. The third-order valence-electron chi connectivity index (χ3n) is 11.6. The molecule has 288 valence electrons. The normalized spacial score (nSPS) is 23.4. The van der Waals surface area contributed by atoms with Crippen molar-refractivity contribution in [1.82, 2.24) is 9.55 Å². The number of rotatable bonds is 5. The molecule has 1 saturated heterocycles. The third-order valence-corrected chi connectivity index (χ3v) is 11.6. The number of aromatic nitrogens is 2. The fraction of sp³-hybridized carbons (Fsp3) is 0.333. The number of carbonyl (C=O) groups excluding carboxylic acids is 2. The summed E-state index contributed by atoms with van der Waals surface area (Å²) in [5.41, 5.74) is 4.11. The smallest absolute Gasteiger partial charge is 0.343 e. The highest BCUT2D eigenvalue weighted by atomic mass is 16.7. The van der Waals surface area contributed by atoms with Crippen LogP contribution in [-0.2, 0) is 37.8 Å². The van der Waals surface area contributed by atoms with Gasteiger partial charge >= 0.3 is 11.9 Å². The second kappa shape index (κ2) is 13.3. The fourth-order valence-electron chi connectivity index (χ4n) is 8.74. The number of benzene rings is 3. The quantitative estimate of drug-likeness (QED) is 0.236. The number of hydrogen-bond donors (Lipinski definition) is 2. The zero-order valence-corrected chi connectivity index (χ0v) is 31.0. The monoisotopic (exact) mass is 762 g/mol. The highest BCUT2D eigenvalue weighted by Crippen LogP contribution is 2.55. The molecule has 5 atom stereocenters. The maximum absolute atomic E-state index is 13.0. The highest BCUT2D eigenvalue weighted by molar-refractivity contribution is 5.86. The van der Waals surface area contributed by atoms with E-state index in [9.17, 15) is 24.6 Å². The Labute approximate surface area is 320 Å². The van der Waals surface area contributed by atoms with E-state index in [-0.39, 0.29) is 49.8 Å². The Balaban J connectivity index is 0.000000148. The molecule has 14 heteroatoms. The second-order valence-electron chi connectivity index (χ2n) is 14.3. The molecule has 2 aromatic heterocycles. The molecule has 2 N–H and O–H groups in total. The average molecular weight is 763 g/mol. The van der Waals surface area contributed by atoms with Crippen molar-refractivity contribution < 1.29 is 53.0 Å². The summed E-state index contributed by atoms with van der Waals surface area (Å²) in [7, 11) is 4.63. The fourth-order valence-corrected chi connectivity index (χ4v) is 8.74. The minimum Gasteiger partial charge on any atom is -0.493 e. The predicted octanol–water partition coefficient (Wildman–Crippen LogP) is 4.49. The van der Waals surface area contributed by atoms with Gasteiger partial charge in [0.05, 0.1) is 69.0 Å². The van der Waals surface area contributed by atoms with Gasteiger partial charge in [0.1, 0.15) is 6.61 Å². The van der Waals surface area contributed by atoms with Gasteiger partial charge in [0.15, 0.2) is 28.6 Å². The first-order valence-corrected chi connectivity index (χ1v) is 18.2. The standard InChI is InChI=1S/C22H22O8.C20H16N2O4/c1-25-16-4-10(5-17(26-2)21(16)27-3)18-11-6-14-15(30-9-29-14)7-12(11)20(23)13-8-28-22(24)19(13)18;1-2-20(25)14-8-16-17-12(7-11-5-3-4-6-15(11)21-17)9-22(16)18(23)13(14)10-26-19(20)24/h4-7,13,18-20,23H,8-9H2,1-3H3;3-8,25H,2,9-10H2,1H3/t13-,18+,19-,20-;20-/m00/s1. The molecule has 10 rings (SSSR count). The highest BCUT2D eigenvalue weighted by Gasteiger charge is 2.52. The number of ether oxygens (including phenoxy) is 7. The Morgan fingerprint density at radius 1 is 0.893 bits per heavy atom. The van der Waals surface area contributed by atoms with E-state index in [4.69, 9.17) is 38.1 Å². The average Bonchev–Trinajstić information content (AvgIpc) is 3.95. The van der Waals surface area contributed by atoms with Crippen LogP contribution in [-0.4, -0.2) is 66.4 Å². The van der Waals surface area contributed by atoms with E-state index in [0.29, 0.717) is 57.7 Å². The number of fused-ring (bicyclic) bond motifs is 8. The van der Waals surface area contributed by atoms with Crippen LogP contribution < -0.4 is 29.2 Å². The van der Waals surface area contributed by atoms with Crippen LogP contribution in [0.1, 0.15) is 58.7 Å². The van der Waals surface area contributed by atoms with Crippen molar-refractivity contribution in [3.8, 4) is 40.1 Å². The van der Waals surface area contributed by atoms with Gasteiger partial charge in [-0.1, -0.05) is 25.1 Å². The van der Waals surface area contributed by atoms with Gasteiger partial charge in [-0.15, -0.1) is 0 Å². The molecule has 0 bridgehead atoms. The first-order valence-electron chi connectivity index (χ1n) is 18.2. The minimum absolute atomic E-state index is 0.110. The summed E-state index contributed by atoms with van der Waals surface area (Å²) in [4.78, 5) is 42.6. The van der Waals surface area contributed by atoms with Gasteiger partial charge in [0.2, 0.25) is 12.5 Å². The number of esters is 2. The van der Waals surface area contributed by atoms with Gasteiger partial charge in [-0.25, -0.2) is 9.78 Å². The van der Waals surface area contributed by atoms with Crippen LogP contribution >= 0.6 is 0 Å². The van der Waals surface area contributed by atoms with Crippen molar-refractivity contribution in [2.75, 3.05) is 34.7 Å². The van der Waals surface area contributed by atoms with Crippen LogP contribution in [0.25, 0.3) is 22.3 Å². The molecule has 0 unspecified atom stereocenters. The molecular formula is C42H38N2O12. The van der Waals surface area contributed by atoms with Gasteiger partial charge in [-0.3, -0.25) is 9.59 Å². The molecule has 0 saturated carbocycles. The van der Waals surface area contributed by atoms with Crippen LogP contribution in [0.2, 0.25) is 0 Å². The van der Waals surface area contributed by atoms with Crippen LogP contribution in [0.15, 0.2) is 65.5 Å². The van der Waals surface area contributed by atoms with E-state index in [2.05, 4.69) is 0 Å². The Kier molecular flexibility index (Phi) is 8.43. The number of nitrogens with zero attached hydrogens (tertiary/aromatic N) is 2. The molecule has 1 fully saturated rings. The summed E-state index contributed by atoms with van der Waals surface area (Å²) in [6.45, 7) is 2.30. The lowest BCUT2D eigenvalue weighted by Crippen LogP contribution is -2.44. The summed E-state index contributed by atoms with van der Waals surface area (Å²) >= 11 is 0. The molecule has 5 aliphatic rings. The van der Waals surface area contributed by atoms with Crippen LogP contribution in [0, 0.1) is 11.8 Å². The molecule has 6 heterocycles. The van der Waals surface area contributed by atoms with E-state index in [1.807, 2.05) is 48.5 Å². The van der Waals surface area contributed by atoms with Crippen molar-refractivity contribution >= 4 is 22.8 Å². The summed E-state index contributed by atoms with van der Waals surface area (Å²) < 4.78 is 39.6. The van der Waals surface area contributed by atoms with Crippen molar-refractivity contribution in [2.24, 2.45) is 11.8 Å². The molecule has 0 amide bonds. The number of methoxy groups -OCH3 is 3. The first-order chi connectivity index (χ1) is 27.1. The van der Waals surface area contributed by atoms with Gasteiger partial charge in [-0.05, 0) is 65.6 Å².